The predicted molar refractivity (Wildman–Crippen MR) is 60.9 cm³/mol. The molecule has 1 unspecified atom stereocenters. The van der Waals surface area contributed by atoms with E-state index in [0.29, 0.717) is 6.42 Å². The minimum atomic E-state index is -1.30. The average molecular weight is 253 g/mol. The third-order valence-corrected chi connectivity index (χ3v) is 2.20. The summed E-state index contributed by atoms with van der Waals surface area (Å²) in [5, 5.41) is 7.80. The van der Waals surface area contributed by atoms with Crippen LogP contribution in [-0.2, 0) is 19.1 Å². The number of amides is 1. The zero-order valence-electron chi connectivity index (χ0n) is 10.2. The fraction of sp³-hybridized carbons (Fsp3) is 0.545. The van der Waals surface area contributed by atoms with Crippen LogP contribution >= 0.6 is 0 Å². The molecule has 18 heavy (non-hydrogen) atoms. The number of rotatable bonds is 6. The molecule has 0 aromatic heterocycles. The first-order valence-electron chi connectivity index (χ1n) is 5.54. The van der Waals surface area contributed by atoms with Crippen LogP contribution < -0.4 is 0 Å². The summed E-state index contributed by atoms with van der Waals surface area (Å²) >= 11 is 0. The van der Waals surface area contributed by atoms with E-state index in [0.717, 1.165) is 5.01 Å². The van der Waals surface area contributed by atoms with Crippen LogP contribution in [0.4, 0.5) is 0 Å². The lowest BCUT2D eigenvalue weighted by Crippen LogP contribution is -2.45. The van der Waals surface area contributed by atoms with E-state index in [4.69, 9.17) is 4.74 Å². The van der Waals surface area contributed by atoms with Gasteiger partial charge >= 0.3 is 5.91 Å². The molecule has 0 bridgehead atoms. The van der Waals surface area contributed by atoms with Crippen LogP contribution in [0.2, 0.25) is 0 Å². The van der Waals surface area contributed by atoms with Gasteiger partial charge in [-0.3, -0.25) is 14.4 Å². The molecule has 0 N–H and O–H groups in total. The highest BCUT2D eigenvalue weighted by molar-refractivity contribution is 6.42. The third kappa shape index (κ3) is 3.43. The molecule has 1 amide bonds. The number of hydrogen-bond acceptors (Lipinski definition) is 6. The maximum Gasteiger partial charge on any atom is 0.316 e. The van der Waals surface area contributed by atoms with Crippen molar-refractivity contribution in [1.29, 1.82) is 0 Å². The van der Waals surface area contributed by atoms with Crippen molar-refractivity contribution in [2.24, 2.45) is 10.3 Å². The summed E-state index contributed by atoms with van der Waals surface area (Å²) < 4.78 is 4.94. The quantitative estimate of drug-likeness (QED) is 0.509. The summed E-state index contributed by atoms with van der Waals surface area (Å²) in [6.07, 6.45) is 0.186. The van der Waals surface area contributed by atoms with Gasteiger partial charge in [0.05, 0.1) is 6.10 Å². The molecule has 1 atom stereocenters. The van der Waals surface area contributed by atoms with Gasteiger partial charge in [-0.1, -0.05) is 12.1 Å². The molecule has 0 saturated heterocycles. The second-order valence-electron chi connectivity index (χ2n) is 3.81. The van der Waals surface area contributed by atoms with Gasteiger partial charge < -0.3 is 4.74 Å². The minimum Gasteiger partial charge on any atom is -0.356 e. The number of carbonyl (C=O) groups excluding carboxylic acids is 3. The van der Waals surface area contributed by atoms with Crippen molar-refractivity contribution >= 4 is 17.5 Å². The smallest absolute Gasteiger partial charge is 0.316 e. The van der Waals surface area contributed by atoms with Crippen LogP contribution in [-0.4, -0.2) is 41.4 Å². The minimum absolute atomic E-state index is 0.193. The molecule has 7 heteroatoms. The molecule has 0 aromatic carbocycles. The first-order valence-corrected chi connectivity index (χ1v) is 5.54. The van der Waals surface area contributed by atoms with Gasteiger partial charge in [0, 0.05) is 6.42 Å². The molecule has 0 aromatic rings. The Balaban J connectivity index is 2.70. The Labute approximate surface area is 105 Å². The van der Waals surface area contributed by atoms with Gasteiger partial charge in [-0.25, -0.2) is 0 Å². The van der Waals surface area contributed by atoms with Crippen molar-refractivity contribution in [2.45, 2.75) is 31.9 Å². The van der Waals surface area contributed by atoms with Crippen molar-refractivity contribution in [1.82, 2.24) is 5.01 Å². The van der Waals surface area contributed by atoms with Crippen LogP contribution in [0.1, 0.15) is 19.8 Å². The summed E-state index contributed by atoms with van der Waals surface area (Å²) in [4.78, 5) is 34.8. The van der Waals surface area contributed by atoms with Crippen molar-refractivity contribution < 1.29 is 19.1 Å². The standard InChI is InChI=1S/C11H15N3O4/c1-4-5-8(15)9-10(16)11(17)14(13-12-9)6-18-7(2)3/h7,9H,2-6H2,1H3. The fourth-order valence-corrected chi connectivity index (χ4v) is 1.31. The summed E-state index contributed by atoms with van der Waals surface area (Å²) in [6, 6.07) is -1.30. The van der Waals surface area contributed by atoms with Crippen LogP contribution in [0.5, 0.6) is 0 Å². The number of ketones is 2. The Hall–Kier alpha value is -1.63. The Bertz CT molecular complexity index is 378. The van der Waals surface area contributed by atoms with Gasteiger partial charge in [-0.15, -0.1) is 0 Å². The second kappa shape index (κ2) is 6.34. The van der Waals surface area contributed by atoms with E-state index in [2.05, 4.69) is 24.2 Å². The lowest BCUT2D eigenvalue weighted by molar-refractivity contribution is -0.154. The first-order chi connectivity index (χ1) is 8.47. The zero-order chi connectivity index (χ0) is 13.7. The summed E-state index contributed by atoms with van der Waals surface area (Å²) in [6.45, 7) is 8.44. The van der Waals surface area contributed by atoms with Gasteiger partial charge in [0.15, 0.2) is 11.8 Å². The highest BCUT2D eigenvalue weighted by Gasteiger charge is 2.38. The second-order valence-corrected chi connectivity index (χ2v) is 3.81. The number of carbonyl (C=O) groups is 3. The van der Waals surface area contributed by atoms with E-state index in [-0.39, 0.29) is 13.2 Å². The number of Topliss-reactive ketones (excluding diaryl/α,β-unsaturated/α-hetero) is 2. The van der Waals surface area contributed by atoms with E-state index in [1.165, 1.54) is 0 Å². The Morgan fingerprint density at radius 1 is 1.50 bits per heavy atom. The van der Waals surface area contributed by atoms with Gasteiger partial charge in [0.2, 0.25) is 0 Å². The SMILES string of the molecule is [CH2]C([CH2])OCN1N=NC(C(=O)CCC)C(=O)C1=O. The molecule has 0 fully saturated rings. The van der Waals surface area contributed by atoms with Gasteiger partial charge in [0.1, 0.15) is 6.73 Å². The molecule has 1 aliphatic rings. The maximum atomic E-state index is 11.6. The third-order valence-electron chi connectivity index (χ3n) is 2.20. The highest BCUT2D eigenvalue weighted by Crippen LogP contribution is 2.12. The molecule has 0 spiro atoms. The van der Waals surface area contributed by atoms with Crippen LogP contribution in [0.3, 0.4) is 0 Å². The molecular formula is C11H15N3O4. The van der Waals surface area contributed by atoms with E-state index < -0.39 is 29.6 Å². The monoisotopic (exact) mass is 253 g/mol. The molecule has 0 saturated carbocycles. The topological polar surface area (TPSA) is 88.4 Å². The van der Waals surface area contributed by atoms with Crippen molar-refractivity contribution in [3.05, 3.63) is 13.8 Å². The number of nitrogens with zero attached hydrogens (tertiary/aromatic N) is 3. The number of ether oxygens (including phenoxy) is 1. The maximum absolute atomic E-state index is 11.6. The molecule has 2 radical (unpaired) electrons. The molecular weight excluding hydrogens is 238 g/mol. The van der Waals surface area contributed by atoms with Gasteiger partial charge in [-0.2, -0.15) is 10.1 Å². The first kappa shape index (κ1) is 14.4. The van der Waals surface area contributed by atoms with E-state index in [9.17, 15) is 14.4 Å². The van der Waals surface area contributed by atoms with Crippen LogP contribution in [0, 0.1) is 13.8 Å². The summed E-state index contributed by atoms with van der Waals surface area (Å²) in [5.74, 6) is -2.18. The highest BCUT2D eigenvalue weighted by atomic mass is 16.5. The Kier molecular flexibility index (Phi) is 5.08. The molecule has 1 rings (SSSR count). The predicted octanol–water partition coefficient (Wildman–Crippen LogP) is 0.514. The van der Waals surface area contributed by atoms with Crippen LogP contribution in [0.15, 0.2) is 10.3 Å². The molecule has 1 heterocycles. The van der Waals surface area contributed by atoms with E-state index in [1.807, 2.05) is 0 Å². The lowest BCUT2D eigenvalue weighted by atomic mass is 10.0. The van der Waals surface area contributed by atoms with E-state index in [1.54, 1.807) is 6.92 Å². The van der Waals surface area contributed by atoms with Crippen molar-refractivity contribution in [2.75, 3.05) is 6.73 Å². The van der Waals surface area contributed by atoms with Gasteiger partial charge in [0.25, 0.3) is 5.78 Å². The lowest BCUT2D eigenvalue weighted by Gasteiger charge is -2.21. The largest absolute Gasteiger partial charge is 0.356 e. The van der Waals surface area contributed by atoms with Gasteiger partial charge in [-0.05, 0) is 20.3 Å². The Morgan fingerprint density at radius 2 is 2.17 bits per heavy atom. The molecule has 0 aliphatic carbocycles. The molecule has 1 aliphatic heterocycles. The van der Waals surface area contributed by atoms with Crippen LogP contribution in [0.25, 0.3) is 0 Å². The Morgan fingerprint density at radius 3 is 2.72 bits per heavy atom. The summed E-state index contributed by atoms with van der Waals surface area (Å²) in [7, 11) is 0. The zero-order valence-corrected chi connectivity index (χ0v) is 10.2. The molecule has 98 valence electrons. The normalized spacial score (nSPS) is 19.8. The number of hydrogen-bond donors (Lipinski definition) is 0. The molecule has 7 nitrogen and oxygen atoms in total. The summed E-state index contributed by atoms with van der Waals surface area (Å²) in [5.41, 5.74) is 0. The van der Waals surface area contributed by atoms with Crippen molar-refractivity contribution in [3.8, 4) is 0 Å². The average Bonchev–Trinajstić information content (AvgIpc) is 2.31. The van der Waals surface area contributed by atoms with E-state index >= 15 is 0 Å². The van der Waals surface area contributed by atoms with Crippen molar-refractivity contribution in [3.63, 3.8) is 0 Å². The fourth-order valence-electron chi connectivity index (χ4n) is 1.31.